The van der Waals surface area contributed by atoms with Crippen LogP contribution in [0.2, 0.25) is 10.0 Å². The van der Waals surface area contributed by atoms with E-state index < -0.39 is 5.97 Å². The summed E-state index contributed by atoms with van der Waals surface area (Å²) < 4.78 is 16.5. The Morgan fingerprint density at radius 3 is 2.77 bits per heavy atom. The third kappa shape index (κ3) is 6.41. The SMILES string of the molecule is COC(=O)COCCOCCn1ncc2nc(NCc3ccc(Cl)c(Cl)c3)[nH]c(=O)c21. The molecule has 0 amide bonds. The van der Waals surface area contributed by atoms with E-state index in [1.165, 1.54) is 18.0 Å². The second kappa shape index (κ2) is 11.1. The van der Waals surface area contributed by atoms with Crippen LogP contribution >= 0.6 is 23.2 Å². The summed E-state index contributed by atoms with van der Waals surface area (Å²) in [6, 6.07) is 5.28. The van der Waals surface area contributed by atoms with Crippen LogP contribution in [0.3, 0.4) is 0 Å². The van der Waals surface area contributed by atoms with Crippen molar-refractivity contribution in [3.63, 3.8) is 0 Å². The minimum absolute atomic E-state index is 0.119. The highest BCUT2D eigenvalue weighted by Gasteiger charge is 2.11. The number of methoxy groups -OCH3 is 1. The van der Waals surface area contributed by atoms with E-state index in [1.54, 1.807) is 12.1 Å². The summed E-state index contributed by atoms with van der Waals surface area (Å²) >= 11 is 11.9. The lowest BCUT2D eigenvalue weighted by molar-refractivity contribution is -0.146. The van der Waals surface area contributed by atoms with Gasteiger partial charge >= 0.3 is 5.97 Å². The molecule has 0 radical (unpaired) electrons. The molecule has 3 aromatic rings. The van der Waals surface area contributed by atoms with E-state index in [4.69, 9.17) is 32.7 Å². The Hall–Kier alpha value is -2.66. The smallest absolute Gasteiger partial charge is 0.331 e. The fraction of sp³-hybridized carbons (Fsp3) is 0.368. The van der Waals surface area contributed by atoms with Crippen LogP contribution in [0.5, 0.6) is 0 Å². The van der Waals surface area contributed by atoms with Gasteiger partial charge in [0.25, 0.3) is 5.56 Å². The maximum absolute atomic E-state index is 12.5. The number of carbonyl (C=O) groups is 1. The standard InChI is InChI=1S/C19H21Cl2N5O5/c1-29-16(27)11-31-7-6-30-5-4-26-17-15(10-23-26)24-19(25-18(17)28)22-9-12-2-3-13(20)14(21)8-12/h2-3,8,10H,4-7,9,11H2,1H3,(H2,22,24,25,28). The lowest BCUT2D eigenvalue weighted by atomic mass is 10.2. The van der Waals surface area contributed by atoms with Gasteiger partial charge < -0.3 is 19.5 Å². The zero-order valence-electron chi connectivity index (χ0n) is 16.7. The van der Waals surface area contributed by atoms with Gasteiger partial charge in [-0.1, -0.05) is 29.3 Å². The topological polar surface area (TPSA) is 120 Å². The maximum Gasteiger partial charge on any atom is 0.331 e. The molecule has 31 heavy (non-hydrogen) atoms. The Balaban J connectivity index is 1.52. The fourth-order valence-corrected chi connectivity index (χ4v) is 3.00. The van der Waals surface area contributed by atoms with Gasteiger partial charge in [0.05, 0.1) is 49.7 Å². The first kappa shape index (κ1) is 23.0. The molecule has 0 aliphatic carbocycles. The van der Waals surface area contributed by atoms with Gasteiger partial charge in [0.15, 0.2) is 5.52 Å². The molecule has 2 N–H and O–H groups in total. The van der Waals surface area contributed by atoms with E-state index in [9.17, 15) is 9.59 Å². The number of carbonyl (C=O) groups excluding carboxylic acids is 1. The summed E-state index contributed by atoms with van der Waals surface area (Å²) in [7, 11) is 1.29. The highest BCUT2D eigenvalue weighted by atomic mass is 35.5. The van der Waals surface area contributed by atoms with E-state index in [2.05, 4.69) is 25.1 Å². The molecule has 0 aliphatic heterocycles. The zero-order valence-corrected chi connectivity index (χ0v) is 18.2. The number of esters is 1. The molecule has 2 heterocycles. The van der Waals surface area contributed by atoms with E-state index >= 15 is 0 Å². The number of ether oxygens (including phenoxy) is 3. The number of aromatic nitrogens is 4. The lowest BCUT2D eigenvalue weighted by Gasteiger charge is -2.08. The molecule has 0 saturated heterocycles. The molecule has 0 bridgehead atoms. The second-order valence-corrected chi connectivity index (χ2v) is 7.17. The molecule has 12 heteroatoms. The Morgan fingerprint density at radius 2 is 2.00 bits per heavy atom. The normalized spacial score (nSPS) is 11.1. The molecular weight excluding hydrogens is 449 g/mol. The zero-order chi connectivity index (χ0) is 22.2. The summed E-state index contributed by atoms with van der Waals surface area (Å²) in [6.07, 6.45) is 1.52. The average molecular weight is 470 g/mol. The van der Waals surface area contributed by atoms with Crippen LogP contribution < -0.4 is 10.9 Å². The van der Waals surface area contributed by atoms with Crippen molar-refractivity contribution < 1.29 is 19.0 Å². The summed E-state index contributed by atoms with van der Waals surface area (Å²) in [5.41, 5.74) is 1.38. The van der Waals surface area contributed by atoms with E-state index in [0.29, 0.717) is 53.3 Å². The number of fused-ring (bicyclic) bond motifs is 1. The minimum Gasteiger partial charge on any atom is -0.467 e. The first-order valence-electron chi connectivity index (χ1n) is 9.34. The van der Waals surface area contributed by atoms with Crippen molar-refractivity contribution in [1.29, 1.82) is 0 Å². The van der Waals surface area contributed by atoms with Crippen molar-refractivity contribution in [2.45, 2.75) is 13.1 Å². The molecule has 1 aromatic carbocycles. The highest BCUT2D eigenvalue weighted by molar-refractivity contribution is 6.42. The van der Waals surface area contributed by atoms with Crippen LogP contribution in [0.4, 0.5) is 5.95 Å². The van der Waals surface area contributed by atoms with Gasteiger partial charge in [-0.2, -0.15) is 5.10 Å². The monoisotopic (exact) mass is 469 g/mol. The summed E-state index contributed by atoms with van der Waals surface area (Å²) in [5, 5.41) is 8.19. The van der Waals surface area contributed by atoms with Crippen molar-refractivity contribution in [2.24, 2.45) is 0 Å². The summed E-state index contributed by atoms with van der Waals surface area (Å²) in [5.74, 6) is -0.123. The van der Waals surface area contributed by atoms with Crippen LogP contribution in [0, 0.1) is 0 Å². The quantitative estimate of drug-likeness (QED) is 0.324. The van der Waals surface area contributed by atoms with E-state index in [1.807, 2.05) is 6.07 Å². The van der Waals surface area contributed by atoms with Gasteiger partial charge in [-0.25, -0.2) is 9.78 Å². The molecule has 10 nitrogen and oxygen atoms in total. The number of nitrogens with zero attached hydrogens (tertiary/aromatic N) is 3. The number of rotatable bonds is 11. The number of anilines is 1. The molecular formula is C19H21Cl2N5O5. The number of hydrogen-bond donors (Lipinski definition) is 2. The Bertz CT molecular complexity index is 1100. The first-order valence-corrected chi connectivity index (χ1v) is 10.1. The Morgan fingerprint density at radius 1 is 1.19 bits per heavy atom. The van der Waals surface area contributed by atoms with Gasteiger partial charge in [0, 0.05) is 6.54 Å². The molecule has 0 aliphatic rings. The van der Waals surface area contributed by atoms with Crippen LogP contribution in [0.1, 0.15) is 5.56 Å². The number of hydrogen-bond acceptors (Lipinski definition) is 8. The minimum atomic E-state index is -0.444. The van der Waals surface area contributed by atoms with Gasteiger partial charge in [-0.15, -0.1) is 0 Å². The second-order valence-electron chi connectivity index (χ2n) is 6.36. The van der Waals surface area contributed by atoms with Crippen LogP contribution in [0.15, 0.2) is 29.2 Å². The Kier molecular flexibility index (Phi) is 8.24. The third-order valence-electron chi connectivity index (χ3n) is 4.21. The molecule has 0 fully saturated rings. The van der Waals surface area contributed by atoms with Crippen molar-refractivity contribution in [3.8, 4) is 0 Å². The van der Waals surface area contributed by atoms with E-state index in [-0.39, 0.29) is 18.8 Å². The van der Waals surface area contributed by atoms with Crippen molar-refractivity contribution >= 4 is 46.2 Å². The van der Waals surface area contributed by atoms with Gasteiger partial charge in [0.1, 0.15) is 12.1 Å². The molecule has 0 saturated carbocycles. The van der Waals surface area contributed by atoms with Gasteiger partial charge in [-0.3, -0.25) is 14.5 Å². The van der Waals surface area contributed by atoms with Crippen molar-refractivity contribution in [3.05, 3.63) is 50.4 Å². The average Bonchev–Trinajstić information content (AvgIpc) is 3.17. The lowest BCUT2D eigenvalue weighted by Crippen LogP contribution is -2.18. The fourth-order valence-electron chi connectivity index (χ4n) is 2.68. The van der Waals surface area contributed by atoms with Gasteiger partial charge in [0.2, 0.25) is 5.95 Å². The number of halogens is 2. The van der Waals surface area contributed by atoms with Gasteiger partial charge in [-0.05, 0) is 17.7 Å². The van der Waals surface area contributed by atoms with Crippen LogP contribution in [-0.2, 0) is 32.1 Å². The highest BCUT2D eigenvalue weighted by Crippen LogP contribution is 2.22. The summed E-state index contributed by atoms with van der Waals surface area (Å²) in [6.45, 7) is 1.52. The molecule has 166 valence electrons. The molecule has 0 unspecified atom stereocenters. The number of H-pyrrole nitrogens is 1. The molecule has 0 atom stereocenters. The number of aromatic amines is 1. The van der Waals surface area contributed by atoms with Crippen LogP contribution in [-0.4, -0.2) is 59.3 Å². The van der Waals surface area contributed by atoms with Crippen molar-refractivity contribution in [2.75, 3.05) is 38.9 Å². The molecule has 3 rings (SSSR count). The maximum atomic E-state index is 12.5. The number of benzene rings is 1. The van der Waals surface area contributed by atoms with Crippen molar-refractivity contribution in [1.82, 2.24) is 19.7 Å². The Labute approximate surface area is 187 Å². The van der Waals surface area contributed by atoms with E-state index in [0.717, 1.165) is 5.56 Å². The third-order valence-corrected chi connectivity index (χ3v) is 4.95. The van der Waals surface area contributed by atoms with Crippen LogP contribution in [0.25, 0.3) is 11.0 Å². The summed E-state index contributed by atoms with van der Waals surface area (Å²) in [4.78, 5) is 30.5. The first-order chi connectivity index (χ1) is 15.0. The largest absolute Gasteiger partial charge is 0.467 e. The molecule has 0 spiro atoms. The predicted molar refractivity (Wildman–Crippen MR) is 116 cm³/mol. The molecule has 2 aromatic heterocycles. The predicted octanol–water partition coefficient (Wildman–Crippen LogP) is 2.24. The number of nitrogens with one attached hydrogen (secondary N) is 2.